The molecule has 0 aliphatic heterocycles. The molecule has 0 aliphatic carbocycles. The van der Waals surface area contributed by atoms with E-state index in [0.717, 1.165) is 11.1 Å². The summed E-state index contributed by atoms with van der Waals surface area (Å²) in [5.41, 5.74) is 1.70. The maximum Gasteiger partial charge on any atom is 0.244 e. The third kappa shape index (κ3) is 5.88. The van der Waals surface area contributed by atoms with Gasteiger partial charge in [-0.3, -0.25) is 9.59 Å². The molecular formula is C21H24N2O4. The molecule has 1 unspecified atom stereocenters. The second-order valence-electron chi connectivity index (χ2n) is 5.84. The van der Waals surface area contributed by atoms with E-state index in [1.807, 2.05) is 42.5 Å². The van der Waals surface area contributed by atoms with Gasteiger partial charge in [0, 0.05) is 18.2 Å². The number of nitrogens with one attached hydrogen (secondary N) is 2. The highest BCUT2D eigenvalue weighted by atomic mass is 16.5. The summed E-state index contributed by atoms with van der Waals surface area (Å²) in [4.78, 5) is 24.2. The molecular weight excluding hydrogens is 344 g/mol. The molecule has 2 N–H and O–H groups in total. The van der Waals surface area contributed by atoms with E-state index in [0.29, 0.717) is 11.5 Å². The molecule has 0 saturated carbocycles. The van der Waals surface area contributed by atoms with Crippen LogP contribution in [0.2, 0.25) is 0 Å². The molecule has 2 rings (SSSR count). The van der Waals surface area contributed by atoms with Gasteiger partial charge in [-0.2, -0.15) is 0 Å². The maximum atomic E-state index is 12.3. The van der Waals surface area contributed by atoms with Gasteiger partial charge in [-0.05, 0) is 24.6 Å². The Morgan fingerprint density at radius 1 is 1.04 bits per heavy atom. The average Bonchev–Trinajstić information content (AvgIpc) is 2.70. The van der Waals surface area contributed by atoms with Crippen molar-refractivity contribution in [1.29, 1.82) is 0 Å². The SMILES string of the molecule is COc1cccc(CNC(=O)C(C)NC(=O)/C=C/c2ccccc2)c1OC. The topological polar surface area (TPSA) is 76.7 Å². The minimum atomic E-state index is -0.672. The number of ether oxygens (including phenoxy) is 2. The lowest BCUT2D eigenvalue weighted by Crippen LogP contribution is -2.44. The monoisotopic (exact) mass is 368 g/mol. The number of hydrogen-bond donors (Lipinski definition) is 2. The summed E-state index contributed by atoms with van der Waals surface area (Å²) in [6.45, 7) is 1.89. The summed E-state index contributed by atoms with van der Waals surface area (Å²) in [7, 11) is 3.10. The molecule has 0 heterocycles. The summed E-state index contributed by atoms with van der Waals surface area (Å²) in [6.07, 6.45) is 3.10. The van der Waals surface area contributed by atoms with Crippen LogP contribution in [0.5, 0.6) is 11.5 Å². The van der Waals surface area contributed by atoms with E-state index in [1.165, 1.54) is 6.08 Å². The number of amides is 2. The van der Waals surface area contributed by atoms with Crippen molar-refractivity contribution < 1.29 is 19.1 Å². The van der Waals surface area contributed by atoms with Crippen LogP contribution in [-0.4, -0.2) is 32.1 Å². The normalized spacial score (nSPS) is 11.7. The van der Waals surface area contributed by atoms with Crippen LogP contribution >= 0.6 is 0 Å². The highest BCUT2D eigenvalue weighted by Crippen LogP contribution is 2.30. The molecule has 0 radical (unpaired) electrons. The van der Waals surface area contributed by atoms with Crippen molar-refractivity contribution in [3.8, 4) is 11.5 Å². The van der Waals surface area contributed by atoms with Crippen molar-refractivity contribution in [2.45, 2.75) is 19.5 Å². The molecule has 142 valence electrons. The van der Waals surface area contributed by atoms with Crippen LogP contribution < -0.4 is 20.1 Å². The van der Waals surface area contributed by atoms with Gasteiger partial charge in [0.1, 0.15) is 6.04 Å². The lowest BCUT2D eigenvalue weighted by atomic mass is 10.1. The van der Waals surface area contributed by atoms with E-state index in [4.69, 9.17) is 9.47 Å². The predicted octanol–water partition coefficient (Wildman–Crippen LogP) is 2.54. The molecule has 0 bridgehead atoms. The van der Waals surface area contributed by atoms with Gasteiger partial charge in [0.05, 0.1) is 14.2 Å². The van der Waals surface area contributed by atoms with Gasteiger partial charge in [-0.1, -0.05) is 42.5 Å². The Hall–Kier alpha value is -3.28. The van der Waals surface area contributed by atoms with E-state index in [-0.39, 0.29) is 18.4 Å². The van der Waals surface area contributed by atoms with Crippen molar-refractivity contribution in [3.05, 3.63) is 65.7 Å². The first-order valence-corrected chi connectivity index (χ1v) is 8.56. The zero-order chi connectivity index (χ0) is 19.6. The molecule has 1 atom stereocenters. The Morgan fingerprint density at radius 3 is 2.44 bits per heavy atom. The van der Waals surface area contributed by atoms with Gasteiger partial charge < -0.3 is 20.1 Å². The van der Waals surface area contributed by atoms with Crippen molar-refractivity contribution >= 4 is 17.9 Å². The molecule has 6 nitrogen and oxygen atoms in total. The zero-order valence-electron chi connectivity index (χ0n) is 15.7. The molecule has 0 aliphatic rings. The van der Waals surface area contributed by atoms with Gasteiger partial charge in [0.2, 0.25) is 11.8 Å². The number of methoxy groups -OCH3 is 2. The number of carbonyl (C=O) groups excluding carboxylic acids is 2. The predicted molar refractivity (Wildman–Crippen MR) is 104 cm³/mol. The van der Waals surface area contributed by atoms with Gasteiger partial charge in [0.15, 0.2) is 11.5 Å². The summed E-state index contributed by atoms with van der Waals surface area (Å²) in [5.74, 6) is 0.543. The molecule has 6 heteroatoms. The Kier molecular flexibility index (Phi) is 7.43. The number of para-hydroxylation sites is 1. The third-order valence-corrected chi connectivity index (χ3v) is 3.92. The molecule has 0 spiro atoms. The van der Waals surface area contributed by atoms with Crippen molar-refractivity contribution in [3.63, 3.8) is 0 Å². The van der Waals surface area contributed by atoms with Crippen molar-refractivity contribution in [1.82, 2.24) is 10.6 Å². The summed E-state index contributed by atoms with van der Waals surface area (Å²) < 4.78 is 10.6. The summed E-state index contributed by atoms with van der Waals surface area (Å²) >= 11 is 0. The van der Waals surface area contributed by atoms with Crippen molar-refractivity contribution in [2.24, 2.45) is 0 Å². The number of rotatable bonds is 8. The minimum Gasteiger partial charge on any atom is -0.493 e. The Bertz CT molecular complexity index is 803. The fraction of sp³-hybridized carbons (Fsp3) is 0.238. The van der Waals surface area contributed by atoms with Crippen LogP contribution in [-0.2, 0) is 16.1 Å². The van der Waals surface area contributed by atoms with Crippen LogP contribution in [0, 0.1) is 0 Å². The smallest absolute Gasteiger partial charge is 0.244 e. The van der Waals surface area contributed by atoms with E-state index < -0.39 is 6.04 Å². The largest absolute Gasteiger partial charge is 0.493 e. The Labute approximate surface area is 159 Å². The first-order valence-electron chi connectivity index (χ1n) is 8.56. The highest BCUT2D eigenvalue weighted by Gasteiger charge is 2.16. The lowest BCUT2D eigenvalue weighted by Gasteiger charge is -2.15. The quantitative estimate of drug-likeness (QED) is 0.702. The van der Waals surface area contributed by atoms with E-state index in [1.54, 1.807) is 33.3 Å². The average molecular weight is 368 g/mol. The maximum absolute atomic E-state index is 12.3. The minimum absolute atomic E-state index is 0.263. The highest BCUT2D eigenvalue weighted by molar-refractivity contribution is 5.95. The van der Waals surface area contributed by atoms with Crippen LogP contribution in [0.15, 0.2) is 54.6 Å². The Balaban J connectivity index is 1.89. The number of carbonyl (C=O) groups is 2. The molecule has 0 fully saturated rings. The second-order valence-corrected chi connectivity index (χ2v) is 5.84. The van der Waals surface area contributed by atoms with Gasteiger partial charge in [0.25, 0.3) is 0 Å². The van der Waals surface area contributed by atoms with Crippen LogP contribution in [0.1, 0.15) is 18.1 Å². The first-order chi connectivity index (χ1) is 13.0. The van der Waals surface area contributed by atoms with Gasteiger partial charge in [-0.25, -0.2) is 0 Å². The van der Waals surface area contributed by atoms with Gasteiger partial charge >= 0.3 is 0 Å². The molecule has 27 heavy (non-hydrogen) atoms. The second kappa shape index (κ2) is 10.0. The zero-order valence-corrected chi connectivity index (χ0v) is 15.7. The first kappa shape index (κ1) is 20.0. The number of hydrogen-bond acceptors (Lipinski definition) is 4. The molecule has 2 aromatic carbocycles. The fourth-order valence-electron chi connectivity index (χ4n) is 2.49. The fourth-order valence-corrected chi connectivity index (χ4v) is 2.49. The van der Waals surface area contributed by atoms with E-state index in [2.05, 4.69) is 10.6 Å². The summed E-state index contributed by atoms with van der Waals surface area (Å²) in [6, 6.07) is 14.2. The van der Waals surface area contributed by atoms with Crippen molar-refractivity contribution in [2.75, 3.05) is 14.2 Å². The molecule has 2 amide bonds. The van der Waals surface area contributed by atoms with Crippen LogP contribution in [0.4, 0.5) is 0 Å². The van der Waals surface area contributed by atoms with E-state index in [9.17, 15) is 9.59 Å². The summed E-state index contributed by atoms with van der Waals surface area (Å²) in [5, 5.41) is 5.43. The Morgan fingerprint density at radius 2 is 1.78 bits per heavy atom. The standard InChI is InChI=1S/C21H24N2O4/c1-15(23-19(24)13-12-16-8-5-4-6-9-16)21(25)22-14-17-10-7-11-18(26-2)20(17)27-3/h4-13,15H,14H2,1-3H3,(H,22,25)(H,23,24)/b13-12+. The van der Waals surface area contributed by atoms with Gasteiger partial charge in [-0.15, -0.1) is 0 Å². The molecule has 0 saturated heterocycles. The van der Waals surface area contributed by atoms with Crippen LogP contribution in [0.25, 0.3) is 6.08 Å². The molecule has 2 aromatic rings. The lowest BCUT2D eigenvalue weighted by molar-refractivity contribution is -0.126. The van der Waals surface area contributed by atoms with E-state index >= 15 is 0 Å². The number of benzene rings is 2. The third-order valence-electron chi connectivity index (χ3n) is 3.92. The van der Waals surface area contributed by atoms with Crippen LogP contribution in [0.3, 0.4) is 0 Å². The molecule has 0 aromatic heterocycles.